The fourth-order valence-electron chi connectivity index (χ4n) is 1.71. The minimum atomic E-state index is -4.45. The van der Waals surface area contributed by atoms with Gasteiger partial charge in [0, 0.05) is 11.6 Å². The average molecular weight is 310 g/mol. The molecule has 1 atom stereocenters. The van der Waals surface area contributed by atoms with Gasteiger partial charge in [0.15, 0.2) is 0 Å². The molecule has 0 saturated carbocycles. The monoisotopic (exact) mass is 309 g/mol. The fourth-order valence-corrected chi connectivity index (χ4v) is 1.90. The quantitative estimate of drug-likeness (QED) is 0.874. The van der Waals surface area contributed by atoms with Gasteiger partial charge in [0.1, 0.15) is 6.04 Å². The molecule has 7 heteroatoms. The molecule has 0 aliphatic carbocycles. The first-order valence-electron chi connectivity index (χ1n) is 5.94. The normalized spacial score (nSPS) is 13.6. The number of nitrogens with one attached hydrogen (secondary N) is 1. The Morgan fingerprint density at radius 2 is 2.00 bits per heavy atom. The maximum absolute atomic E-state index is 12.6. The predicted octanol–water partition coefficient (Wildman–Crippen LogP) is 3.56. The van der Waals surface area contributed by atoms with Gasteiger partial charge in [-0.15, -0.1) is 0 Å². The van der Waals surface area contributed by atoms with Gasteiger partial charge >= 0.3 is 12.1 Å². The Morgan fingerprint density at radius 3 is 2.45 bits per heavy atom. The highest BCUT2D eigenvalue weighted by molar-refractivity contribution is 6.31. The number of carbonyl (C=O) groups is 1. The highest BCUT2D eigenvalue weighted by Gasteiger charge is 2.31. The molecule has 0 radical (unpaired) electrons. The molecule has 0 saturated heterocycles. The SMILES string of the molecule is CC(C)[C@H](NCc1cc(C(F)(F)F)ccc1Cl)C(=O)O. The van der Waals surface area contributed by atoms with Crippen molar-refractivity contribution < 1.29 is 23.1 Å². The van der Waals surface area contributed by atoms with E-state index in [9.17, 15) is 18.0 Å². The van der Waals surface area contributed by atoms with Crippen LogP contribution < -0.4 is 5.32 Å². The lowest BCUT2D eigenvalue weighted by Crippen LogP contribution is -2.40. The molecule has 20 heavy (non-hydrogen) atoms. The Bertz CT molecular complexity index is 489. The van der Waals surface area contributed by atoms with E-state index in [0.29, 0.717) is 0 Å². The highest BCUT2D eigenvalue weighted by Crippen LogP contribution is 2.31. The van der Waals surface area contributed by atoms with Gasteiger partial charge in [-0.25, -0.2) is 0 Å². The van der Waals surface area contributed by atoms with Crippen molar-refractivity contribution in [3.8, 4) is 0 Å². The maximum Gasteiger partial charge on any atom is 0.416 e. The zero-order chi connectivity index (χ0) is 15.5. The topological polar surface area (TPSA) is 49.3 Å². The molecule has 0 fully saturated rings. The average Bonchev–Trinajstić information content (AvgIpc) is 2.29. The first kappa shape index (κ1) is 16.8. The van der Waals surface area contributed by atoms with Gasteiger partial charge in [-0.05, 0) is 29.7 Å². The zero-order valence-electron chi connectivity index (χ0n) is 11.0. The molecule has 112 valence electrons. The van der Waals surface area contributed by atoms with Crippen molar-refractivity contribution in [1.82, 2.24) is 5.32 Å². The summed E-state index contributed by atoms with van der Waals surface area (Å²) in [6, 6.07) is 2.13. The molecule has 0 heterocycles. The summed E-state index contributed by atoms with van der Waals surface area (Å²) < 4.78 is 37.8. The van der Waals surface area contributed by atoms with E-state index in [1.807, 2.05) is 0 Å². The van der Waals surface area contributed by atoms with Gasteiger partial charge in [-0.1, -0.05) is 25.4 Å². The Hall–Kier alpha value is -1.27. The summed E-state index contributed by atoms with van der Waals surface area (Å²) in [6.07, 6.45) is -4.45. The second-order valence-corrected chi connectivity index (χ2v) is 5.15. The first-order chi connectivity index (χ1) is 9.12. The number of hydrogen-bond acceptors (Lipinski definition) is 2. The first-order valence-corrected chi connectivity index (χ1v) is 6.32. The Kier molecular flexibility index (Phi) is 5.42. The summed E-state index contributed by atoms with van der Waals surface area (Å²) in [5, 5.41) is 11.9. The van der Waals surface area contributed by atoms with E-state index in [-0.39, 0.29) is 23.0 Å². The van der Waals surface area contributed by atoms with Crippen molar-refractivity contribution in [1.29, 1.82) is 0 Å². The van der Waals surface area contributed by atoms with Gasteiger partial charge in [-0.2, -0.15) is 13.2 Å². The van der Waals surface area contributed by atoms with Crippen LogP contribution in [-0.4, -0.2) is 17.1 Å². The van der Waals surface area contributed by atoms with Crippen molar-refractivity contribution in [3.63, 3.8) is 0 Å². The predicted molar refractivity (Wildman–Crippen MR) is 69.6 cm³/mol. The molecular weight excluding hydrogens is 295 g/mol. The summed E-state index contributed by atoms with van der Waals surface area (Å²) in [5.41, 5.74) is -0.594. The molecule has 1 aromatic carbocycles. The Labute approximate surface area is 119 Å². The summed E-state index contributed by atoms with van der Waals surface area (Å²) in [6.45, 7) is 3.37. The standard InChI is InChI=1S/C13H15ClF3NO2/c1-7(2)11(12(19)20)18-6-8-5-9(13(15,16)17)3-4-10(8)14/h3-5,7,11,18H,6H2,1-2H3,(H,19,20)/t11-/m0/s1. The molecule has 1 rings (SSSR count). The minimum Gasteiger partial charge on any atom is -0.480 e. The van der Waals surface area contributed by atoms with Crippen molar-refractivity contribution >= 4 is 17.6 Å². The van der Waals surface area contributed by atoms with E-state index in [1.54, 1.807) is 13.8 Å². The maximum atomic E-state index is 12.6. The zero-order valence-corrected chi connectivity index (χ0v) is 11.7. The van der Waals surface area contributed by atoms with Crippen molar-refractivity contribution in [3.05, 3.63) is 34.3 Å². The van der Waals surface area contributed by atoms with Crippen LogP contribution in [0.1, 0.15) is 25.0 Å². The third-order valence-electron chi connectivity index (χ3n) is 2.82. The molecule has 0 aliphatic rings. The molecule has 2 N–H and O–H groups in total. The second kappa shape index (κ2) is 6.45. The van der Waals surface area contributed by atoms with Crippen molar-refractivity contribution in [2.75, 3.05) is 0 Å². The third kappa shape index (κ3) is 4.38. The van der Waals surface area contributed by atoms with Crippen LogP contribution in [0, 0.1) is 5.92 Å². The van der Waals surface area contributed by atoms with E-state index < -0.39 is 23.8 Å². The van der Waals surface area contributed by atoms with Crippen LogP contribution in [0.2, 0.25) is 5.02 Å². The van der Waals surface area contributed by atoms with Gasteiger partial charge in [0.25, 0.3) is 0 Å². The molecule has 3 nitrogen and oxygen atoms in total. The number of rotatable bonds is 5. The van der Waals surface area contributed by atoms with Crippen molar-refractivity contribution in [2.24, 2.45) is 5.92 Å². The molecular formula is C13H15ClF3NO2. The number of hydrogen-bond donors (Lipinski definition) is 2. The Balaban J connectivity index is 2.89. The summed E-state index contributed by atoms with van der Waals surface area (Å²) in [5.74, 6) is -1.25. The van der Waals surface area contributed by atoms with Gasteiger partial charge in [0.2, 0.25) is 0 Å². The molecule has 0 amide bonds. The summed E-state index contributed by atoms with van der Waals surface area (Å²) in [7, 11) is 0. The lowest BCUT2D eigenvalue weighted by atomic mass is 10.0. The third-order valence-corrected chi connectivity index (χ3v) is 3.19. The number of alkyl halides is 3. The van der Waals surface area contributed by atoms with Gasteiger partial charge in [-0.3, -0.25) is 4.79 Å². The van der Waals surface area contributed by atoms with Crippen LogP contribution in [0.3, 0.4) is 0 Å². The highest BCUT2D eigenvalue weighted by atomic mass is 35.5. The molecule has 0 unspecified atom stereocenters. The van der Waals surface area contributed by atoms with Crippen LogP contribution in [0.5, 0.6) is 0 Å². The van der Waals surface area contributed by atoms with E-state index in [4.69, 9.17) is 16.7 Å². The minimum absolute atomic E-state index is 0.0437. The number of benzene rings is 1. The number of aliphatic carboxylic acids is 1. The smallest absolute Gasteiger partial charge is 0.416 e. The van der Waals surface area contributed by atoms with Gasteiger partial charge in [0.05, 0.1) is 5.56 Å². The molecule has 1 aromatic rings. The molecule has 0 bridgehead atoms. The summed E-state index contributed by atoms with van der Waals surface area (Å²) >= 11 is 5.83. The molecule has 0 spiro atoms. The Morgan fingerprint density at radius 1 is 1.40 bits per heavy atom. The number of carboxylic acid groups (broad SMARTS) is 1. The van der Waals surface area contributed by atoms with Crippen LogP contribution in [0.15, 0.2) is 18.2 Å². The van der Waals surface area contributed by atoms with Crippen LogP contribution >= 0.6 is 11.6 Å². The van der Waals surface area contributed by atoms with E-state index in [1.165, 1.54) is 0 Å². The summed E-state index contributed by atoms with van der Waals surface area (Å²) in [4.78, 5) is 11.0. The lowest BCUT2D eigenvalue weighted by Gasteiger charge is -2.19. The van der Waals surface area contributed by atoms with Gasteiger partial charge < -0.3 is 10.4 Å². The fraction of sp³-hybridized carbons (Fsp3) is 0.462. The van der Waals surface area contributed by atoms with Crippen LogP contribution in [0.25, 0.3) is 0 Å². The van der Waals surface area contributed by atoms with E-state index in [0.717, 1.165) is 18.2 Å². The van der Waals surface area contributed by atoms with Crippen LogP contribution in [-0.2, 0) is 17.5 Å². The lowest BCUT2D eigenvalue weighted by molar-refractivity contribution is -0.141. The largest absolute Gasteiger partial charge is 0.480 e. The van der Waals surface area contributed by atoms with E-state index in [2.05, 4.69) is 5.32 Å². The van der Waals surface area contributed by atoms with Crippen molar-refractivity contribution in [2.45, 2.75) is 32.6 Å². The second-order valence-electron chi connectivity index (χ2n) is 4.74. The van der Waals surface area contributed by atoms with E-state index >= 15 is 0 Å². The number of halogens is 4. The molecule has 0 aromatic heterocycles. The number of carboxylic acids is 1. The van der Waals surface area contributed by atoms with Crippen LogP contribution in [0.4, 0.5) is 13.2 Å². The molecule has 0 aliphatic heterocycles.